The fraction of sp³-hybridized carbons (Fsp3) is 0.357. The van der Waals surface area contributed by atoms with Crippen molar-refractivity contribution in [1.29, 1.82) is 0 Å². The number of hydrogen-bond donors (Lipinski definition) is 2. The van der Waals surface area contributed by atoms with Crippen LogP contribution in [0.25, 0.3) is 21.8 Å². The summed E-state index contributed by atoms with van der Waals surface area (Å²) in [6.07, 6.45) is 6.05. The number of β-amino-alcohol motifs (C(OH)–C–C–N with tert-alkyl or cyclic N) is 1. The maximum Gasteiger partial charge on any atom is 0.230 e. The largest absolute Gasteiger partial charge is 0.493 e. The lowest BCUT2D eigenvalue weighted by Gasteiger charge is -2.34. The van der Waals surface area contributed by atoms with E-state index in [1.165, 1.54) is 13.4 Å². The van der Waals surface area contributed by atoms with Crippen LogP contribution in [-0.2, 0) is 0 Å². The van der Waals surface area contributed by atoms with Crippen LogP contribution in [0.5, 0.6) is 23.1 Å². The number of fused-ring (bicyclic) bond motifs is 2. The van der Waals surface area contributed by atoms with Crippen molar-refractivity contribution in [2.24, 2.45) is 0 Å². The number of aliphatic hydroxyl groups is 1. The van der Waals surface area contributed by atoms with Crippen molar-refractivity contribution in [3.05, 3.63) is 48.2 Å². The van der Waals surface area contributed by atoms with E-state index in [9.17, 15) is 5.11 Å². The molecule has 0 saturated carbocycles. The molecule has 3 heterocycles. The number of aromatic amines is 1. The molecule has 2 N–H and O–H groups in total. The number of aromatic nitrogens is 3. The van der Waals surface area contributed by atoms with Crippen molar-refractivity contribution in [2.45, 2.75) is 13.0 Å². The van der Waals surface area contributed by atoms with Crippen molar-refractivity contribution in [2.75, 3.05) is 53.0 Å². The van der Waals surface area contributed by atoms with Gasteiger partial charge in [-0.05, 0) is 31.2 Å². The SMILES string of the molecule is C#CCN1CCN(C[C@H](O)COc2cc3ncnc(Oc4ccc5[nH]c(C)cc5c4F)c3cc2OC)CC1. The molecular weight excluding hydrogens is 489 g/mol. The van der Waals surface area contributed by atoms with E-state index in [1.807, 2.05) is 6.92 Å². The van der Waals surface area contributed by atoms with Crippen LogP contribution in [0, 0.1) is 25.1 Å². The Balaban J connectivity index is 1.29. The normalized spacial score (nSPS) is 15.4. The zero-order valence-electron chi connectivity index (χ0n) is 21.4. The number of ether oxygens (including phenoxy) is 3. The maximum atomic E-state index is 15.1. The van der Waals surface area contributed by atoms with Crippen molar-refractivity contribution in [3.63, 3.8) is 0 Å². The van der Waals surface area contributed by atoms with Gasteiger partial charge in [0.2, 0.25) is 5.88 Å². The first-order chi connectivity index (χ1) is 18.4. The molecule has 2 aromatic heterocycles. The number of nitrogens with zero attached hydrogens (tertiary/aromatic N) is 4. The molecule has 1 atom stereocenters. The Bertz CT molecular complexity index is 1480. The number of aryl methyl sites for hydroxylation is 1. The van der Waals surface area contributed by atoms with Crippen LogP contribution in [0.2, 0.25) is 0 Å². The molecule has 0 unspecified atom stereocenters. The summed E-state index contributed by atoms with van der Waals surface area (Å²) < 4.78 is 32.4. The second kappa shape index (κ2) is 11.2. The number of H-pyrrole nitrogens is 1. The molecular formula is C28H30FN5O4. The molecule has 1 fully saturated rings. The van der Waals surface area contributed by atoms with Gasteiger partial charge in [-0.15, -0.1) is 6.42 Å². The van der Waals surface area contributed by atoms with E-state index in [2.05, 4.69) is 30.7 Å². The van der Waals surface area contributed by atoms with Crippen LogP contribution in [0.1, 0.15) is 5.69 Å². The molecule has 2 aromatic carbocycles. The maximum absolute atomic E-state index is 15.1. The molecule has 1 aliphatic heterocycles. The number of nitrogens with one attached hydrogen (secondary N) is 1. The fourth-order valence-corrected chi connectivity index (χ4v) is 4.66. The molecule has 198 valence electrons. The standard InChI is InChI=1S/C28H30FN5O4/c1-4-7-33-8-10-34(11-9-33)15-19(35)16-37-26-14-23-21(13-25(26)36-3)28(31-17-30-23)38-24-6-5-22-20(27(24)29)12-18(2)32-22/h1,5-6,12-14,17,19,32,35H,7-11,15-16H2,2-3H3/t19-/m0/s1. The number of piperazine rings is 1. The predicted molar refractivity (Wildman–Crippen MR) is 142 cm³/mol. The minimum atomic E-state index is -0.686. The van der Waals surface area contributed by atoms with E-state index < -0.39 is 11.9 Å². The van der Waals surface area contributed by atoms with E-state index in [1.54, 1.807) is 30.3 Å². The van der Waals surface area contributed by atoms with Gasteiger partial charge in [0.1, 0.15) is 19.0 Å². The molecule has 0 radical (unpaired) electrons. The number of rotatable bonds is 9. The summed E-state index contributed by atoms with van der Waals surface area (Å²) in [7, 11) is 1.52. The number of halogens is 1. The molecule has 4 aromatic rings. The molecule has 0 aliphatic carbocycles. The van der Waals surface area contributed by atoms with E-state index in [-0.39, 0.29) is 18.2 Å². The highest BCUT2D eigenvalue weighted by Crippen LogP contribution is 2.37. The van der Waals surface area contributed by atoms with Gasteiger partial charge in [0, 0.05) is 55.4 Å². The monoisotopic (exact) mass is 519 g/mol. The number of hydrogen-bond acceptors (Lipinski definition) is 8. The molecule has 9 nitrogen and oxygen atoms in total. The lowest BCUT2D eigenvalue weighted by atomic mass is 10.2. The Morgan fingerprint density at radius 3 is 2.63 bits per heavy atom. The number of aliphatic hydroxyl groups excluding tert-OH is 1. The van der Waals surface area contributed by atoms with Crippen LogP contribution in [-0.4, -0.2) is 88.9 Å². The average molecular weight is 520 g/mol. The Labute approximate surface area is 220 Å². The second-order valence-corrected chi connectivity index (χ2v) is 9.34. The van der Waals surface area contributed by atoms with Crippen LogP contribution in [0.3, 0.4) is 0 Å². The van der Waals surface area contributed by atoms with Crippen LogP contribution in [0.15, 0.2) is 36.7 Å². The van der Waals surface area contributed by atoms with Gasteiger partial charge in [-0.25, -0.2) is 14.4 Å². The van der Waals surface area contributed by atoms with E-state index in [0.717, 1.165) is 31.9 Å². The molecule has 0 bridgehead atoms. The molecule has 1 aliphatic rings. The van der Waals surface area contributed by atoms with E-state index in [4.69, 9.17) is 20.6 Å². The Morgan fingerprint density at radius 2 is 1.87 bits per heavy atom. The van der Waals surface area contributed by atoms with Crippen molar-refractivity contribution >= 4 is 21.8 Å². The summed E-state index contributed by atoms with van der Waals surface area (Å²) in [5, 5.41) is 11.6. The van der Waals surface area contributed by atoms with E-state index in [0.29, 0.717) is 46.4 Å². The van der Waals surface area contributed by atoms with Gasteiger partial charge in [0.05, 0.1) is 24.6 Å². The summed E-state index contributed by atoms with van der Waals surface area (Å²) in [6.45, 7) is 6.54. The Morgan fingerprint density at radius 1 is 1.08 bits per heavy atom. The minimum absolute atomic E-state index is 0.0547. The molecule has 0 amide bonds. The van der Waals surface area contributed by atoms with Gasteiger partial charge in [-0.2, -0.15) is 0 Å². The summed E-state index contributed by atoms with van der Waals surface area (Å²) in [6, 6.07) is 8.44. The number of methoxy groups -OCH3 is 1. The third-order valence-corrected chi connectivity index (χ3v) is 6.61. The third kappa shape index (κ3) is 5.50. The van der Waals surface area contributed by atoms with Gasteiger partial charge in [-0.3, -0.25) is 9.80 Å². The van der Waals surface area contributed by atoms with Gasteiger partial charge in [-0.1, -0.05) is 5.92 Å². The topological polar surface area (TPSA) is 96.0 Å². The molecule has 38 heavy (non-hydrogen) atoms. The van der Waals surface area contributed by atoms with Crippen molar-refractivity contribution < 1.29 is 23.7 Å². The van der Waals surface area contributed by atoms with Crippen molar-refractivity contribution in [3.8, 4) is 35.5 Å². The first-order valence-electron chi connectivity index (χ1n) is 12.4. The minimum Gasteiger partial charge on any atom is -0.493 e. The highest BCUT2D eigenvalue weighted by molar-refractivity contribution is 5.87. The van der Waals surface area contributed by atoms with Crippen LogP contribution in [0.4, 0.5) is 4.39 Å². The average Bonchev–Trinajstić information content (AvgIpc) is 3.31. The molecule has 5 rings (SSSR count). The summed E-state index contributed by atoms with van der Waals surface area (Å²) in [4.78, 5) is 16.1. The zero-order chi connectivity index (χ0) is 26.6. The molecule has 10 heteroatoms. The van der Waals surface area contributed by atoms with Crippen molar-refractivity contribution in [1.82, 2.24) is 24.8 Å². The summed E-state index contributed by atoms with van der Waals surface area (Å²) in [5.41, 5.74) is 2.08. The fourth-order valence-electron chi connectivity index (χ4n) is 4.66. The lowest BCUT2D eigenvalue weighted by molar-refractivity contribution is 0.0479. The van der Waals surface area contributed by atoms with Gasteiger partial charge in [0.15, 0.2) is 23.1 Å². The highest BCUT2D eigenvalue weighted by atomic mass is 19.1. The van der Waals surface area contributed by atoms with Crippen LogP contribution < -0.4 is 14.2 Å². The van der Waals surface area contributed by atoms with Crippen LogP contribution >= 0.6 is 0 Å². The van der Waals surface area contributed by atoms with Gasteiger partial charge >= 0.3 is 0 Å². The second-order valence-electron chi connectivity index (χ2n) is 9.34. The highest BCUT2D eigenvalue weighted by Gasteiger charge is 2.20. The Kier molecular flexibility index (Phi) is 7.60. The predicted octanol–water partition coefficient (Wildman–Crippen LogP) is 3.35. The van der Waals surface area contributed by atoms with Gasteiger partial charge < -0.3 is 24.3 Å². The summed E-state index contributed by atoms with van der Waals surface area (Å²) in [5.74, 6) is 3.29. The first-order valence-corrected chi connectivity index (χ1v) is 12.4. The Hall–Kier alpha value is -3.91. The third-order valence-electron chi connectivity index (χ3n) is 6.61. The molecule has 1 saturated heterocycles. The number of benzene rings is 2. The molecule has 0 spiro atoms. The smallest absolute Gasteiger partial charge is 0.230 e. The summed E-state index contributed by atoms with van der Waals surface area (Å²) >= 11 is 0. The quantitative estimate of drug-likeness (QED) is 0.325. The first kappa shape index (κ1) is 25.7. The zero-order valence-corrected chi connectivity index (χ0v) is 21.4. The van der Waals surface area contributed by atoms with E-state index >= 15 is 4.39 Å². The lowest BCUT2D eigenvalue weighted by Crippen LogP contribution is -2.49. The number of terminal acetylenes is 1. The van der Waals surface area contributed by atoms with Gasteiger partial charge in [0.25, 0.3) is 0 Å².